The summed E-state index contributed by atoms with van der Waals surface area (Å²) in [6, 6.07) is 10.5. The van der Waals surface area contributed by atoms with Crippen LogP contribution < -0.4 is 4.90 Å². The van der Waals surface area contributed by atoms with Crippen molar-refractivity contribution in [1.29, 1.82) is 0 Å². The second kappa shape index (κ2) is 6.46. The summed E-state index contributed by atoms with van der Waals surface area (Å²) in [5.74, 6) is 0.394. The standard InChI is InChI=1S/C19H24N2OS/c1-13-10-21(4)19-17(18(13)22)16(14(2)23-19)12-20(3)11-15-8-6-5-7-9-15/h5-9,13H,10-12H2,1-4H3. The largest absolute Gasteiger partial charge is 0.365 e. The Morgan fingerprint density at radius 2 is 1.96 bits per heavy atom. The minimum atomic E-state index is 0.0830. The first-order valence-corrected chi connectivity index (χ1v) is 8.89. The van der Waals surface area contributed by atoms with Crippen LogP contribution in [-0.4, -0.2) is 31.3 Å². The van der Waals surface area contributed by atoms with Crippen molar-refractivity contribution in [3.63, 3.8) is 0 Å². The first kappa shape index (κ1) is 16.2. The number of carbonyl (C=O) groups is 1. The van der Waals surface area contributed by atoms with Gasteiger partial charge >= 0.3 is 0 Å². The smallest absolute Gasteiger partial charge is 0.170 e. The van der Waals surface area contributed by atoms with E-state index in [-0.39, 0.29) is 5.92 Å². The topological polar surface area (TPSA) is 23.6 Å². The van der Waals surface area contributed by atoms with Crippen LogP contribution in [0.15, 0.2) is 30.3 Å². The third kappa shape index (κ3) is 3.19. The van der Waals surface area contributed by atoms with Gasteiger partial charge in [-0.05, 0) is 25.1 Å². The molecule has 3 rings (SSSR count). The van der Waals surface area contributed by atoms with E-state index in [0.717, 1.165) is 30.2 Å². The highest BCUT2D eigenvalue weighted by Crippen LogP contribution is 2.40. The molecule has 0 saturated heterocycles. The molecule has 0 radical (unpaired) electrons. The molecule has 23 heavy (non-hydrogen) atoms. The summed E-state index contributed by atoms with van der Waals surface area (Å²) in [7, 11) is 4.21. The molecule has 3 nitrogen and oxygen atoms in total. The number of rotatable bonds is 4. The minimum absolute atomic E-state index is 0.0830. The maximum absolute atomic E-state index is 12.7. The van der Waals surface area contributed by atoms with Gasteiger partial charge in [0.15, 0.2) is 5.78 Å². The molecule has 1 atom stereocenters. The van der Waals surface area contributed by atoms with E-state index in [9.17, 15) is 4.79 Å². The molecular weight excluding hydrogens is 304 g/mol. The molecule has 1 aromatic heterocycles. The molecule has 0 bridgehead atoms. The molecule has 1 unspecified atom stereocenters. The lowest BCUT2D eigenvalue weighted by Gasteiger charge is -2.29. The van der Waals surface area contributed by atoms with Crippen LogP contribution >= 0.6 is 11.3 Å². The second-order valence-electron chi connectivity index (χ2n) is 6.62. The van der Waals surface area contributed by atoms with Crippen LogP contribution in [-0.2, 0) is 13.1 Å². The van der Waals surface area contributed by atoms with Crippen LogP contribution in [0, 0.1) is 12.8 Å². The average Bonchev–Trinajstić information content (AvgIpc) is 2.83. The first-order chi connectivity index (χ1) is 11.0. The fourth-order valence-corrected chi connectivity index (χ4v) is 4.46. The molecule has 0 saturated carbocycles. The van der Waals surface area contributed by atoms with Crippen molar-refractivity contribution in [3.8, 4) is 0 Å². The lowest BCUT2D eigenvalue weighted by Crippen LogP contribution is -2.35. The summed E-state index contributed by atoms with van der Waals surface area (Å²) in [6.45, 7) is 6.71. The molecule has 2 heterocycles. The zero-order valence-corrected chi connectivity index (χ0v) is 15.1. The van der Waals surface area contributed by atoms with Crippen molar-refractivity contribution in [2.24, 2.45) is 5.92 Å². The maximum Gasteiger partial charge on any atom is 0.170 e. The quantitative estimate of drug-likeness (QED) is 0.849. The van der Waals surface area contributed by atoms with Crippen molar-refractivity contribution in [1.82, 2.24) is 4.90 Å². The molecule has 1 aromatic carbocycles. The van der Waals surface area contributed by atoms with Gasteiger partial charge in [-0.2, -0.15) is 0 Å². The molecule has 122 valence electrons. The number of Topliss-reactive ketones (excluding diaryl/α,β-unsaturated/α-hetero) is 1. The zero-order valence-electron chi connectivity index (χ0n) is 14.3. The highest BCUT2D eigenvalue weighted by atomic mass is 32.1. The number of carbonyl (C=O) groups excluding carboxylic acids is 1. The predicted octanol–water partition coefficient (Wildman–Crippen LogP) is 3.96. The molecule has 4 heteroatoms. The summed E-state index contributed by atoms with van der Waals surface area (Å²) >= 11 is 1.76. The van der Waals surface area contributed by atoms with Gasteiger partial charge in [-0.3, -0.25) is 9.69 Å². The molecule has 0 amide bonds. The monoisotopic (exact) mass is 328 g/mol. The normalized spacial score (nSPS) is 17.7. The molecular formula is C19H24N2OS. The van der Waals surface area contributed by atoms with Crippen LogP contribution in [0.4, 0.5) is 5.00 Å². The van der Waals surface area contributed by atoms with Crippen molar-refractivity contribution >= 4 is 22.1 Å². The van der Waals surface area contributed by atoms with E-state index in [1.54, 1.807) is 11.3 Å². The Labute approximate surface area is 142 Å². The Balaban J connectivity index is 1.85. The summed E-state index contributed by atoms with van der Waals surface area (Å²) in [5, 5.41) is 1.15. The number of anilines is 1. The maximum atomic E-state index is 12.7. The Kier molecular flexibility index (Phi) is 4.55. The van der Waals surface area contributed by atoms with Gasteiger partial charge in [0.1, 0.15) is 5.00 Å². The fourth-order valence-electron chi connectivity index (χ4n) is 3.32. The summed E-state index contributed by atoms with van der Waals surface area (Å²) < 4.78 is 0. The molecule has 1 aliphatic heterocycles. The third-order valence-electron chi connectivity index (χ3n) is 4.50. The first-order valence-electron chi connectivity index (χ1n) is 8.07. The van der Waals surface area contributed by atoms with E-state index in [0.29, 0.717) is 5.78 Å². The van der Waals surface area contributed by atoms with E-state index in [4.69, 9.17) is 0 Å². The number of aryl methyl sites for hydroxylation is 1. The van der Waals surface area contributed by atoms with E-state index in [1.165, 1.54) is 16.0 Å². The van der Waals surface area contributed by atoms with Crippen LogP contribution in [0.5, 0.6) is 0 Å². The zero-order chi connectivity index (χ0) is 16.6. The van der Waals surface area contributed by atoms with Gasteiger partial charge in [0.2, 0.25) is 0 Å². The van der Waals surface area contributed by atoms with Crippen LogP contribution in [0.2, 0.25) is 0 Å². The number of ketones is 1. The lowest BCUT2D eigenvalue weighted by atomic mass is 9.93. The number of nitrogens with zero attached hydrogens (tertiary/aromatic N) is 2. The second-order valence-corrected chi connectivity index (χ2v) is 7.82. The number of benzene rings is 1. The van der Waals surface area contributed by atoms with E-state index in [2.05, 4.69) is 55.1 Å². The molecule has 1 aliphatic rings. The van der Waals surface area contributed by atoms with Gasteiger partial charge in [0.25, 0.3) is 0 Å². The van der Waals surface area contributed by atoms with Crippen LogP contribution in [0.1, 0.15) is 33.3 Å². The van der Waals surface area contributed by atoms with Gasteiger partial charge in [-0.1, -0.05) is 37.3 Å². The molecule has 0 aliphatic carbocycles. The number of hydrogen-bond donors (Lipinski definition) is 0. The van der Waals surface area contributed by atoms with E-state index < -0.39 is 0 Å². The average molecular weight is 328 g/mol. The summed E-state index contributed by atoms with van der Waals surface area (Å²) in [6.07, 6.45) is 0. The van der Waals surface area contributed by atoms with Crippen molar-refractivity contribution < 1.29 is 4.79 Å². The molecule has 0 fully saturated rings. The van der Waals surface area contributed by atoms with E-state index >= 15 is 0 Å². The van der Waals surface area contributed by atoms with Gasteiger partial charge in [0.05, 0.1) is 5.56 Å². The molecule has 0 N–H and O–H groups in total. The van der Waals surface area contributed by atoms with Gasteiger partial charge in [0, 0.05) is 37.5 Å². The minimum Gasteiger partial charge on any atom is -0.365 e. The molecule has 0 spiro atoms. The Morgan fingerprint density at radius 3 is 2.65 bits per heavy atom. The number of hydrogen-bond acceptors (Lipinski definition) is 4. The van der Waals surface area contributed by atoms with E-state index in [1.807, 2.05) is 13.0 Å². The Morgan fingerprint density at radius 1 is 1.26 bits per heavy atom. The third-order valence-corrected chi connectivity index (χ3v) is 5.76. The summed E-state index contributed by atoms with van der Waals surface area (Å²) in [5.41, 5.74) is 3.48. The summed E-state index contributed by atoms with van der Waals surface area (Å²) in [4.78, 5) is 18.5. The molecule has 2 aromatic rings. The Hall–Kier alpha value is -1.65. The van der Waals surface area contributed by atoms with Crippen LogP contribution in [0.25, 0.3) is 0 Å². The van der Waals surface area contributed by atoms with Gasteiger partial charge < -0.3 is 4.90 Å². The fraction of sp³-hybridized carbons (Fsp3) is 0.421. The number of fused-ring (bicyclic) bond motifs is 1. The highest BCUT2D eigenvalue weighted by molar-refractivity contribution is 7.16. The van der Waals surface area contributed by atoms with Crippen molar-refractivity contribution in [3.05, 3.63) is 51.9 Å². The Bertz CT molecular complexity index is 708. The van der Waals surface area contributed by atoms with Gasteiger partial charge in [-0.15, -0.1) is 11.3 Å². The van der Waals surface area contributed by atoms with Gasteiger partial charge in [-0.25, -0.2) is 0 Å². The lowest BCUT2D eigenvalue weighted by molar-refractivity contribution is 0.0926. The van der Waals surface area contributed by atoms with Crippen LogP contribution in [0.3, 0.4) is 0 Å². The van der Waals surface area contributed by atoms with Crippen molar-refractivity contribution in [2.75, 3.05) is 25.5 Å². The van der Waals surface area contributed by atoms with Crippen molar-refractivity contribution in [2.45, 2.75) is 26.9 Å². The highest BCUT2D eigenvalue weighted by Gasteiger charge is 2.32. The predicted molar refractivity (Wildman–Crippen MR) is 97.4 cm³/mol. The number of thiophene rings is 1. The SMILES string of the molecule is Cc1sc2c(c1CN(C)Cc1ccccc1)C(=O)C(C)CN2C.